The predicted octanol–water partition coefficient (Wildman–Crippen LogP) is 3.73. The van der Waals surface area contributed by atoms with E-state index in [1.54, 1.807) is 12.1 Å². The Bertz CT molecular complexity index is 972. The molecule has 0 bridgehead atoms. The number of halogens is 3. The maximum Gasteiger partial charge on any atom is 0.573 e. The quantitative estimate of drug-likeness (QED) is 0.736. The van der Waals surface area contributed by atoms with E-state index < -0.39 is 12.3 Å². The standard InChI is InChI=1S/C17H11F3N2O4/c18-17(19,20)26-11-5-3-10(4-6-11)25-12-2-1-9-8-22-14(16(21)24)15(23)13(9)7-12/h1-8,23H,(H2,21,24). The number of pyridine rings is 1. The average Bonchev–Trinajstić information content (AvgIpc) is 2.56. The summed E-state index contributed by atoms with van der Waals surface area (Å²) in [6.07, 6.45) is -3.40. The Labute approximate surface area is 144 Å². The van der Waals surface area contributed by atoms with Crippen LogP contribution in [0, 0.1) is 0 Å². The van der Waals surface area contributed by atoms with Gasteiger partial charge in [-0.3, -0.25) is 4.79 Å². The lowest BCUT2D eigenvalue weighted by Crippen LogP contribution is -2.16. The highest BCUT2D eigenvalue weighted by molar-refractivity contribution is 6.00. The highest BCUT2D eigenvalue weighted by Crippen LogP contribution is 2.32. The molecule has 9 heteroatoms. The molecule has 0 saturated carbocycles. The third kappa shape index (κ3) is 3.77. The van der Waals surface area contributed by atoms with Crippen LogP contribution in [0.25, 0.3) is 10.8 Å². The molecule has 0 radical (unpaired) electrons. The molecule has 134 valence electrons. The normalized spacial score (nSPS) is 11.3. The lowest BCUT2D eigenvalue weighted by atomic mass is 10.1. The molecule has 0 fully saturated rings. The number of fused-ring (bicyclic) bond motifs is 1. The van der Waals surface area contributed by atoms with Crippen molar-refractivity contribution in [2.75, 3.05) is 0 Å². The number of hydrogen-bond donors (Lipinski definition) is 2. The molecule has 1 aromatic heterocycles. The summed E-state index contributed by atoms with van der Waals surface area (Å²) in [4.78, 5) is 15.0. The number of primary amides is 1. The van der Waals surface area contributed by atoms with Gasteiger partial charge in [-0.1, -0.05) is 0 Å². The zero-order chi connectivity index (χ0) is 18.9. The zero-order valence-electron chi connectivity index (χ0n) is 12.9. The second-order valence-corrected chi connectivity index (χ2v) is 5.19. The van der Waals surface area contributed by atoms with Gasteiger partial charge in [-0.05, 0) is 42.5 Å². The Morgan fingerprint density at radius 2 is 1.65 bits per heavy atom. The number of ether oxygens (including phenoxy) is 2. The molecule has 3 rings (SSSR count). The summed E-state index contributed by atoms with van der Waals surface area (Å²) < 4.78 is 45.8. The summed E-state index contributed by atoms with van der Waals surface area (Å²) in [6.45, 7) is 0. The highest BCUT2D eigenvalue weighted by Gasteiger charge is 2.31. The van der Waals surface area contributed by atoms with Crippen molar-refractivity contribution >= 4 is 16.7 Å². The van der Waals surface area contributed by atoms with Crippen LogP contribution in [0.3, 0.4) is 0 Å². The maximum absolute atomic E-state index is 12.1. The van der Waals surface area contributed by atoms with E-state index in [9.17, 15) is 23.1 Å². The number of amides is 1. The summed E-state index contributed by atoms with van der Waals surface area (Å²) in [5, 5.41) is 11.0. The van der Waals surface area contributed by atoms with Crippen LogP contribution in [-0.4, -0.2) is 22.4 Å². The van der Waals surface area contributed by atoms with E-state index in [1.807, 2.05) is 0 Å². The van der Waals surface area contributed by atoms with Crippen LogP contribution < -0.4 is 15.2 Å². The second-order valence-electron chi connectivity index (χ2n) is 5.19. The first-order chi connectivity index (χ1) is 12.2. The minimum atomic E-state index is -4.77. The van der Waals surface area contributed by atoms with Crippen LogP contribution in [0.5, 0.6) is 23.0 Å². The van der Waals surface area contributed by atoms with Crippen molar-refractivity contribution in [1.29, 1.82) is 0 Å². The topological polar surface area (TPSA) is 94.7 Å². The lowest BCUT2D eigenvalue weighted by molar-refractivity contribution is -0.274. The number of benzene rings is 2. The largest absolute Gasteiger partial charge is 0.573 e. The summed E-state index contributed by atoms with van der Waals surface area (Å²) in [5.74, 6) is -1.09. The first-order valence-electron chi connectivity index (χ1n) is 7.18. The van der Waals surface area contributed by atoms with Crippen molar-refractivity contribution in [3.63, 3.8) is 0 Å². The number of hydrogen-bond acceptors (Lipinski definition) is 5. The van der Waals surface area contributed by atoms with Gasteiger partial charge in [0.15, 0.2) is 11.4 Å². The molecule has 1 amide bonds. The number of rotatable bonds is 4. The van der Waals surface area contributed by atoms with Gasteiger partial charge in [0.05, 0.1) is 0 Å². The average molecular weight is 364 g/mol. The van der Waals surface area contributed by atoms with Gasteiger partial charge in [0.2, 0.25) is 0 Å². The number of carbonyl (C=O) groups is 1. The van der Waals surface area contributed by atoms with E-state index in [0.717, 1.165) is 12.1 Å². The predicted molar refractivity (Wildman–Crippen MR) is 85.1 cm³/mol. The number of nitrogens with two attached hydrogens (primary N) is 1. The minimum Gasteiger partial charge on any atom is -0.505 e. The third-order valence-electron chi connectivity index (χ3n) is 3.36. The van der Waals surface area contributed by atoms with E-state index in [0.29, 0.717) is 16.5 Å². The molecule has 3 N–H and O–H groups in total. The molecular formula is C17H11F3N2O4. The van der Waals surface area contributed by atoms with Gasteiger partial charge in [-0.2, -0.15) is 0 Å². The minimum absolute atomic E-state index is 0.252. The van der Waals surface area contributed by atoms with Crippen LogP contribution >= 0.6 is 0 Å². The van der Waals surface area contributed by atoms with Gasteiger partial charge in [0.1, 0.15) is 17.2 Å². The van der Waals surface area contributed by atoms with E-state index in [4.69, 9.17) is 10.5 Å². The smallest absolute Gasteiger partial charge is 0.505 e. The molecule has 0 unspecified atom stereocenters. The lowest BCUT2D eigenvalue weighted by Gasteiger charge is -2.11. The Hall–Kier alpha value is -3.49. The van der Waals surface area contributed by atoms with Crippen molar-refractivity contribution in [2.24, 2.45) is 5.73 Å². The van der Waals surface area contributed by atoms with Crippen LogP contribution in [0.2, 0.25) is 0 Å². The number of alkyl halides is 3. The summed E-state index contributed by atoms with van der Waals surface area (Å²) in [5.41, 5.74) is 4.87. The van der Waals surface area contributed by atoms with E-state index in [2.05, 4.69) is 9.72 Å². The Morgan fingerprint density at radius 3 is 2.27 bits per heavy atom. The van der Waals surface area contributed by atoms with Crippen molar-refractivity contribution < 1.29 is 32.5 Å². The van der Waals surface area contributed by atoms with Crippen LogP contribution in [0.4, 0.5) is 13.2 Å². The van der Waals surface area contributed by atoms with Crippen molar-refractivity contribution in [3.05, 3.63) is 54.4 Å². The van der Waals surface area contributed by atoms with Gasteiger partial charge >= 0.3 is 6.36 Å². The van der Waals surface area contributed by atoms with Gasteiger partial charge in [0, 0.05) is 17.0 Å². The van der Waals surface area contributed by atoms with Crippen molar-refractivity contribution in [3.8, 4) is 23.0 Å². The fourth-order valence-corrected chi connectivity index (χ4v) is 2.27. The van der Waals surface area contributed by atoms with Crippen LogP contribution in [-0.2, 0) is 0 Å². The molecule has 6 nitrogen and oxygen atoms in total. The van der Waals surface area contributed by atoms with Gasteiger partial charge in [-0.25, -0.2) is 4.98 Å². The SMILES string of the molecule is NC(=O)c1ncc2ccc(Oc3ccc(OC(F)(F)F)cc3)cc2c1O. The molecule has 0 aliphatic rings. The second kappa shape index (κ2) is 6.43. The molecule has 3 aromatic rings. The fourth-order valence-electron chi connectivity index (χ4n) is 2.27. The summed E-state index contributed by atoms with van der Waals surface area (Å²) in [6, 6.07) is 9.45. The van der Waals surface area contributed by atoms with Gasteiger partial charge in [0.25, 0.3) is 5.91 Å². The molecule has 0 aliphatic heterocycles. The third-order valence-corrected chi connectivity index (χ3v) is 3.36. The number of carbonyl (C=O) groups excluding carboxylic acids is 1. The number of aromatic nitrogens is 1. The first kappa shape index (κ1) is 17.3. The Kier molecular flexibility index (Phi) is 4.29. The molecule has 0 spiro atoms. The fraction of sp³-hybridized carbons (Fsp3) is 0.0588. The summed E-state index contributed by atoms with van der Waals surface area (Å²) >= 11 is 0. The molecule has 1 heterocycles. The molecular weight excluding hydrogens is 353 g/mol. The zero-order valence-corrected chi connectivity index (χ0v) is 12.9. The van der Waals surface area contributed by atoms with Crippen LogP contribution in [0.1, 0.15) is 10.5 Å². The molecule has 0 saturated heterocycles. The van der Waals surface area contributed by atoms with E-state index in [-0.39, 0.29) is 22.9 Å². The summed E-state index contributed by atoms with van der Waals surface area (Å²) in [7, 11) is 0. The van der Waals surface area contributed by atoms with Gasteiger partial charge in [-0.15, -0.1) is 13.2 Å². The molecule has 26 heavy (non-hydrogen) atoms. The van der Waals surface area contributed by atoms with Crippen molar-refractivity contribution in [2.45, 2.75) is 6.36 Å². The number of nitrogens with zero attached hydrogens (tertiary/aromatic N) is 1. The molecule has 0 atom stereocenters. The van der Waals surface area contributed by atoms with Gasteiger partial charge < -0.3 is 20.3 Å². The van der Waals surface area contributed by atoms with E-state index >= 15 is 0 Å². The maximum atomic E-state index is 12.1. The number of aromatic hydroxyl groups is 1. The Balaban J connectivity index is 1.87. The Morgan fingerprint density at radius 1 is 1.04 bits per heavy atom. The van der Waals surface area contributed by atoms with E-state index in [1.165, 1.54) is 24.4 Å². The monoisotopic (exact) mass is 364 g/mol. The molecule has 0 aliphatic carbocycles. The van der Waals surface area contributed by atoms with Crippen molar-refractivity contribution in [1.82, 2.24) is 4.98 Å². The van der Waals surface area contributed by atoms with Crippen LogP contribution in [0.15, 0.2) is 48.7 Å². The highest BCUT2D eigenvalue weighted by atomic mass is 19.4. The molecule has 2 aromatic carbocycles. The first-order valence-corrected chi connectivity index (χ1v) is 7.18.